The van der Waals surface area contributed by atoms with Crippen molar-refractivity contribution in [1.29, 1.82) is 0 Å². The molecule has 3 aromatic rings. The predicted molar refractivity (Wildman–Crippen MR) is 155 cm³/mol. The highest BCUT2D eigenvalue weighted by molar-refractivity contribution is 7.99. The van der Waals surface area contributed by atoms with Crippen molar-refractivity contribution >= 4 is 34.9 Å². The third-order valence-electron chi connectivity index (χ3n) is 7.90. The molecule has 2 aromatic carbocycles. The van der Waals surface area contributed by atoms with Gasteiger partial charge in [-0.3, -0.25) is 4.79 Å². The number of anilines is 3. The number of piperazine rings is 1. The van der Waals surface area contributed by atoms with Crippen LogP contribution in [0.4, 0.5) is 17.2 Å². The summed E-state index contributed by atoms with van der Waals surface area (Å²) in [5.74, 6) is 2.28. The van der Waals surface area contributed by atoms with Crippen LogP contribution in [0.3, 0.4) is 0 Å². The van der Waals surface area contributed by atoms with E-state index in [0.717, 1.165) is 97.4 Å². The lowest BCUT2D eigenvalue weighted by atomic mass is 9.95. The molecule has 1 unspecified atom stereocenters. The van der Waals surface area contributed by atoms with E-state index in [1.165, 1.54) is 5.69 Å². The Kier molecular flexibility index (Phi) is 7.51. The Balaban J connectivity index is 1.10. The van der Waals surface area contributed by atoms with E-state index in [4.69, 9.17) is 0 Å². The zero-order chi connectivity index (χ0) is 25.9. The molecule has 2 aliphatic heterocycles. The molecule has 1 saturated heterocycles. The van der Waals surface area contributed by atoms with Crippen LogP contribution in [0.5, 0.6) is 0 Å². The van der Waals surface area contributed by atoms with Crippen molar-refractivity contribution in [1.82, 2.24) is 20.2 Å². The fourth-order valence-corrected chi connectivity index (χ4v) is 6.69. The molecule has 1 atom stereocenters. The first-order valence-corrected chi connectivity index (χ1v) is 14.9. The minimum atomic E-state index is 0.0624. The van der Waals surface area contributed by atoms with Gasteiger partial charge in [0, 0.05) is 60.8 Å². The van der Waals surface area contributed by atoms with Gasteiger partial charge in [-0.25, -0.2) is 9.97 Å². The zero-order valence-corrected chi connectivity index (χ0v) is 22.8. The van der Waals surface area contributed by atoms with E-state index in [1.54, 1.807) is 6.33 Å². The number of aryl methyl sites for hydroxylation is 1. The average Bonchev–Trinajstić information content (AvgIpc) is 3.68. The van der Waals surface area contributed by atoms with Gasteiger partial charge in [0.15, 0.2) is 0 Å². The van der Waals surface area contributed by atoms with Crippen molar-refractivity contribution in [3.8, 4) is 0 Å². The van der Waals surface area contributed by atoms with Gasteiger partial charge in [-0.1, -0.05) is 25.1 Å². The summed E-state index contributed by atoms with van der Waals surface area (Å²) in [5, 5.41) is 6.68. The van der Waals surface area contributed by atoms with Gasteiger partial charge >= 0.3 is 0 Å². The quantitative estimate of drug-likeness (QED) is 0.401. The fourth-order valence-electron chi connectivity index (χ4n) is 5.39. The molecule has 8 heteroatoms. The first-order chi connectivity index (χ1) is 18.7. The van der Waals surface area contributed by atoms with E-state index in [-0.39, 0.29) is 5.91 Å². The topological polar surface area (TPSA) is 73.4 Å². The maximum atomic E-state index is 12.7. The largest absolute Gasteiger partial charge is 0.369 e. The summed E-state index contributed by atoms with van der Waals surface area (Å²) in [6.07, 6.45) is 5.70. The second kappa shape index (κ2) is 11.3. The lowest BCUT2D eigenvalue weighted by Crippen LogP contribution is -2.46. The molecule has 1 aromatic heterocycles. The lowest BCUT2D eigenvalue weighted by Gasteiger charge is -2.35. The van der Waals surface area contributed by atoms with Crippen molar-refractivity contribution < 1.29 is 4.79 Å². The molecule has 0 bridgehead atoms. The standard InChI is InChI=1S/C30H36N6OS/c1-2-35-15-17-36(18-16-35)25-13-11-23(12-14-25)33-29-28-27(31-20-32-29)22(19-38-28)8-7-21-5-3-4-6-26(21)30(37)34-24-9-10-24/h3-6,11-14,20,22,24H,2,7-10,15-19H2,1H3,(H,34,37)(H,31,32,33). The SMILES string of the molecule is CCN1CCN(c2ccc(Nc3ncnc4c3SCC4CCc3ccccc3C(=O)NC3CC3)cc2)CC1. The minimum Gasteiger partial charge on any atom is -0.369 e. The zero-order valence-electron chi connectivity index (χ0n) is 22.0. The molecule has 6 rings (SSSR count). The molecule has 1 saturated carbocycles. The first-order valence-electron chi connectivity index (χ1n) is 13.9. The second-order valence-electron chi connectivity index (χ2n) is 10.5. The number of rotatable bonds is 9. The number of hydrogen-bond acceptors (Lipinski definition) is 7. The highest BCUT2D eigenvalue weighted by atomic mass is 32.2. The van der Waals surface area contributed by atoms with Gasteiger partial charge in [-0.2, -0.15) is 0 Å². The summed E-state index contributed by atoms with van der Waals surface area (Å²) < 4.78 is 0. The average molecular weight is 529 g/mol. The van der Waals surface area contributed by atoms with Crippen LogP contribution in [0.2, 0.25) is 0 Å². The molecule has 1 aliphatic carbocycles. The highest BCUT2D eigenvalue weighted by Crippen LogP contribution is 2.44. The van der Waals surface area contributed by atoms with Crippen LogP contribution in [-0.4, -0.2) is 65.3 Å². The predicted octanol–water partition coefficient (Wildman–Crippen LogP) is 5.08. The summed E-state index contributed by atoms with van der Waals surface area (Å²) in [6, 6.07) is 17.1. The van der Waals surface area contributed by atoms with Gasteiger partial charge in [-0.05, 0) is 68.1 Å². The number of amides is 1. The maximum absolute atomic E-state index is 12.7. The molecule has 7 nitrogen and oxygen atoms in total. The van der Waals surface area contributed by atoms with E-state index in [1.807, 2.05) is 30.0 Å². The number of thioether (sulfide) groups is 1. The molecule has 2 fully saturated rings. The van der Waals surface area contributed by atoms with Crippen molar-refractivity contribution in [2.24, 2.45) is 0 Å². The third-order valence-corrected chi connectivity index (χ3v) is 9.16. The first kappa shape index (κ1) is 25.2. The van der Waals surface area contributed by atoms with Gasteiger partial charge in [0.1, 0.15) is 12.1 Å². The second-order valence-corrected chi connectivity index (χ2v) is 11.5. The smallest absolute Gasteiger partial charge is 0.251 e. The highest BCUT2D eigenvalue weighted by Gasteiger charge is 2.29. The third kappa shape index (κ3) is 5.66. The minimum absolute atomic E-state index is 0.0624. The van der Waals surface area contributed by atoms with Gasteiger partial charge < -0.3 is 20.4 Å². The molecule has 3 aliphatic rings. The van der Waals surface area contributed by atoms with Crippen LogP contribution in [-0.2, 0) is 6.42 Å². The van der Waals surface area contributed by atoms with Gasteiger partial charge in [0.05, 0.1) is 10.6 Å². The van der Waals surface area contributed by atoms with Crippen LogP contribution < -0.4 is 15.5 Å². The van der Waals surface area contributed by atoms with Crippen LogP contribution in [0.15, 0.2) is 59.8 Å². The molecule has 1 amide bonds. The Morgan fingerprint density at radius 3 is 2.58 bits per heavy atom. The van der Waals surface area contributed by atoms with E-state index < -0.39 is 0 Å². The number of carbonyl (C=O) groups excluding carboxylic acids is 1. The van der Waals surface area contributed by atoms with Crippen LogP contribution in [0.25, 0.3) is 0 Å². The van der Waals surface area contributed by atoms with Crippen molar-refractivity contribution in [3.05, 3.63) is 71.7 Å². The molecule has 2 N–H and O–H groups in total. The molecule has 0 spiro atoms. The summed E-state index contributed by atoms with van der Waals surface area (Å²) >= 11 is 1.83. The summed E-state index contributed by atoms with van der Waals surface area (Å²) in [5.41, 5.74) is 5.37. The Bertz CT molecular complexity index is 1270. The number of nitrogens with one attached hydrogen (secondary N) is 2. The van der Waals surface area contributed by atoms with Crippen LogP contribution in [0.1, 0.15) is 53.7 Å². The number of aromatic nitrogens is 2. The molecular formula is C30H36N6OS. The number of hydrogen-bond donors (Lipinski definition) is 2. The summed E-state index contributed by atoms with van der Waals surface area (Å²) in [7, 11) is 0. The lowest BCUT2D eigenvalue weighted by molar-refractivity contribution is 0.0950. The number of fused-ring (bicyclic) bond motifs is 1. The van der Waals surface area contributed by atoms with Gasteiger partial charge in [0.2, 0.25) is 0 Å². The maximum Gasteiger partial charge on any atom is 0.251 e. The van der Waals surface area contributed by atoms with Crippen LogP contribution in [0, 0.1) is 0 Å². The number of likely N-dealkylation sites (N-methyl/N-ethyl adjacent to an activating group) is 1. The van der Waals surface area contributed by atoms with E-state index in [0.29, 0.717) is 12.0 Å². The molecular weight excluding hydrogens is 492 g/mol. The summed E-state index contributed by atoms with van der Waals surface area (Å²) in [6.45, 7) is 7.77. The van der Waals surface area contributed by atoms with E-state index in [2.05, 4.69) is 67.7 Å². The number of nitrogens with zero attached hydrogens (tertiary/aromatic N) is 4. The van der Waals surface area contributed by atoms with Crippen molar-refractivity contribution in [3.63, 3.8) is 0 Å². The molecule has 198 valence electrons. The normalized spacial score (nSPS) is 19.3. The van der Waals surface area contributed by atoms with E-state index >= 15 is 0 Å². The molecule has 3 heterocycles. The Morgan fingerprint density at radius 1 is 1.03 bits per heavy atom. The molecule has 0 radical (unpaired) electrons. The van der Waals surface area contributed by atoms with Crippen molar-refractivity contribution in [2.75, 3.05) is 48.7 Å². The number of carbonyl (C=O) groups is 1. The monoisotopic (exact) mass is 528 g/mol. The van der Waals surface area contributed by atoms with Crippen molar-refractivity contribution in [2.45, 2.75) is 49.5 Å². The van der Waals surface area contributed by atoms with Gasteiger partial charge in [-0.15, -0.1) is 11.8 Å². The molecule has 38 heavy (non-hydrogen) atoms. The van der Waals surface area contributed by atoms with Crippen LogP contribution >= 0.6 is 11.8 Å². The summed E-state index contributed by atoms with van der Waals surface area (Å²) in [4.78, 5) is 28.1. The number of benzene rings is 2. The Labute approximate surface area is 229 Å². The van der Waals surface area contributed by atoms with E-state index in [9.17, 15) is 4.79 Å². The van der Waals surface area contributed by atoms with Gasteiger partial charge in [0.25, 0.3) is 5.91 Å². The Hall–Kier alpha value is -3.10. The fraction of sp³-hybridized carbons (Fsp3) is 0.433. The Morgan fingerprint density at radius 2 is 1.82 bits per heavy atom.